The second-order valence-electron chi connectivity index (χ2n) is 5.09. The highest BCUT2D eigenvalue weighted by molar-refractivity contribution is 9.10. The zero-order chi connectivity index (χ0) is 15.6. The SMILES string of the molecule is CN=C(N)c1cc(C)c(Cc2cccc(Br)c2F)cc1C. The third-order valence-corrected chi connectivity index (χ3v) is 4.22. The monoisotopic (exact) mass is 348 g/mol. The molecule has 0 fully saturated rings. The van der Waals surface area contributed by atoms with Crippen LogP contribution >= 0.6 is 15.9 Å². The first-order chi connectivity index (χ1) is 9.93. The van der Waals surface area contributed by atoms with Crippen LogP contribution in [-0.2, 0) is 6.42 Å². The summed E-state index contributed by atoms with van der Waals surface area (Å²) in [6, 6.07) is 9.44. The van der Waals surface area contributed by atoms with Crippen LogP contribution in [0.4, 0.5) is 4.39 Å². The summed E-state index contributed by atoms with van der Waals surface area (Å²) in [5, 5.41) is 0. The Kier molecular flexibility index (Phi) is 4.78. The summed E-state index contributed by atoms with van der Waals surface area (Å²) in [7, 11) is 1.68. The quantitative estimate of drug-likeness (QED) is 0.657. The molecule has 0 spiro atoms. The van der Waals surface area contributed by atoms with E-state index in [0.29, 0.717) is 22.3 Å². The van der Waals surface area contributed by atoms with E-state index in [1.165, 1.54) is 0 Å². The molecule has 0 saturated carbocycles. The van der Waals surface area contributed by atoms with Gasteiger partial charge in [-0.05, 0) is 64.2 Å². The summed E-state index contributed by atoms with van der Waals surface area (Å²) in [6.45, 7) is 4.00. The average molecular weight is 349 g/mol. The molecule has 0 heterocycles. The highest BCUT2D eigenvalue weighted by Gasteiger charge is 2.11. The van der Waals surface area contributed by atoms with Gasteiger partial charge in [0.05, 0.1) is 4.47 Å². The smallest absolute Gasteiger partial charge is 0.140 e. The number of benzene rings is 2. The lowest BCUT2D eigenvalue weighted by molar-refractivity contribution is 0.607. The molecule has 4 heteroatoms. The predicted octanol–water partition coefficient (Wildman–Crippen LogP) is 4.13. The lowest BCUT2D eigenvalue weighted by atomic mass is 9.95. The first-order valence-corrected chi connectivity index (χ1v) is 7.49. The van der Waals surface area contributed by atoms with Crippen LogP contribution in [0.2, 0.25) is 0 Å². The van der Waals surface area contributed by atoms with E-state index in [4.69, 9.17) is 5.73 Å². The van der Waals surface area contributed by atoms with Crippen molar-refractivity contribution in [3.63, 3.8) is 0 Å². The van der Waals surface area contributed by atoms with Crippen LogP contribution in [0, 0.1) is 19.7 Å². The second kappa shape index (κ2) is 6.39. The number of nitrogens with two attached hydrogens (primary N) is 1. The van der Waals surface area contributed by atoms with Gasteiger partial charge in [0, 0.05) is 19.0 Å². The maximum absolute atomic E-state index is 14.1. The van der Waals surface area contributed by atoms with Gasteiger partial charge in [0.2, 0.25) is 0 Å². The molecule has 0 saturated heterocycles. The van der Waals surface area contributed by atoms with E-state index in [2.05, 4.69) is 27.0 Å². The number of amidine groups is 1. The number of hydrogen-bond donors (Lipinski definition) is 1. The average Bonchev–Trinajstić information content (AvgIpc) is 2.46. The van der Waals surface area contributed by atoms with E-state index in [1.54, 1.807) is 13.1 Å². The van der Waals surface area contributed by atoms with Crippen LogP contribution in [0.15, 0.2) is 39.8 Å². The minimum Gasteiger partial charge on any atom is -0.384 e. The maximum Gasteiger partial charge on any atom is 0.140 e. The summed E-state index contributed by atoms with van der Waals surface area (Å²) in [5.74, 6) is 0.323. The molecule has 0 aliphatic rings. The molecule has 21 heavy (non-hydrogen) atoms. The van der Waals surface area contributed by atoms with Crippen molar-refractivity contribution >= 4 is 21.8 Å². The third kappa shape index (κ3) is 3.32. The van der Waals surface area contributed by atoms with Crippen molar-refractivity contribution in [2.45, 2.75) is 20.3 Å². The molecular formula is C17H18BrFN2. The molecule has 0 aliphatic heterocycles. The van der Waals surface area contributed by atoms with Gasteiger partial charge in [-0.2, -0.15) is 0 Å². The van der Waals surface area contributed by atoms with E-state index >= 15 is 0 Å². The molecule has 0 atom stereocenters. The minimum atomic E-state index is -0.201. The Bertz CT molecular complexity index is 708. The molecule has 2 aromatic carbocycles. The lowest BCUT2D eigenvalue weighted by Crippen LogP contribution is -2.15. The van der Waals surface area contributed by atoms with E-state index in [-0.39, 0.29) is 5.82 Å². The minimum absolute atomic E-state index is 0.201. The number of aryl methyl sites for hydroxylation is 2. The van der Waals surface area contributed by atoms with Gasteiger partial charge in [-0.1, -0.05) is 18.2 Å². The first kappa shape index (κ1) is 15.7. The van der Waals surface area contributed by atoms with Crippen molar-refractivity contribution in [3.05, 3.63) is 68.4 Å². The fourth-order valence-corrected chi connectivity index (χ4v) is 2.76. The Morgan fingerprint density at radius 2 is 1.90 bits per heavy atom. The van der Waals surface area contributed by atoms with Gasteiger partial charge in [-0.3, -0.25) is 4.99 Å². The fourth-order valence-electron chi connectivity index (χ4n) is 2.35. The summed E-state index contributed by atoms with van der Waals surface area (Å²) in [6.07, 6.45) is 0.557. The Morgan fingerprint density at radius 1 is 1.19 bits per heavy atom. The molecule has 0 aliphatic carbocycles. The highest BCUT2D eigenvalue weighted by Crippen LogP contribution is 2.24. The number of halogens is 2. The van der Waals surface area contributed by atoms with Crippen LogP contribution in [0.5, 0.6) is 0 Å². The van der Waals surface area contributed by atoms with Crippen LogP contribution in [0.1, 0.15) is 27.8 Å². The number of hydrogen-bond acceptors (Lipinski definition) is 1. The summed E-state index contributed by atoms with van der Waals surface area (Å²) in [4.78, 5) is 4.03. The van der Waals surface area contributed by atoms with E-state index in [9.17, 15) is 4.39 Å². The lowest BCUT2D eigenvalue weighted by Gasteiger charge is -2.13. The molecule has 2 aromatic rings. The standard InChI is InChI=1S/C17H18BrFN2/c1-10-8-14(17(20)21-3)11(2)7-13(10)9-12-5-4-6-15(18)16(12)19/h4-8H,9H2,1-3H3,(H2,20,21). The van der Waals surface area contributed by atoms with Gasteiger partial charge in [0.25, 0.3) is 0 Å². The second-order valence-corrected chi connectivity index (χ2v) is 5.95. The van der Waals surface area contributed by atoms with Gasteiger partial charge in [-0.15, -0.1) is 0 Å². The van der Waals surface area contributed by atoms with Gasteiger partial charge in [0.15, 0.2) is 0 Å². The van der Waals surface area contributed by atoms with Crippen molar-refractivity contribution in [1.82, 2.24) is 0 Å². The Hall–Kier alpha value is -1.68. The van der Waals surface area contributed by atoms with Crippen molar-refractivity contribution in [1.29, 1.82) is 0 Å². The van der Waals surface area contributed by atoms with Gasteiger partial charge < -0.3 is 5.73 Å². The molecule has 110 valence electrons. The molecule has 2 rings (SSSR count). The molecule has 0 bridgehead atoms. The van der Waals surface area contributed by atoms with E-state index in [1.807, 2.05) is 32.0 Å². The first-order valence-electron chi connectivity index (χ1n) is 6.69. The van der Waals surface area contributed by atoms with E-state index < -0.39 is 0 Å². The molecule has 0 amide bonds. The normalized spacial score (nSPS) is 11.8. The maximum atomic E-state index is 14.1. The Morgan fingerprint density at radius 3 is 2.57 bits per heavy atom. The summed E-state index contributed by atoms with van der Waals surface area (Å²) in [5.41, 5.74) is 10.7. The largest absolute Gasteiger partial charge is 0.384 e. The van der Waals surface area contributed by atoms with Crippen LogP contribution in [-0.4, -0.2) is 12.9 Å². The predicted molar refractivity (Wildman–Crippen MR) is 89.5 cm³/mol. The van der Waals surface area contributed by atoms with E-state index in [0.717, 1.165) is 22.3 Å². The number of rotatable bonds is 3. The highest BCUT2D eigenvalue weighted by atomic mass is 79.9. The van der Waals surface area contributed by atoms with Gasteiger partial charge in [-0.25, -0.2) is 4.39 Å². The molecule has 2 N–H and O–H groups in total. The van der Waals surface area contributed by atoms with Crippen molar-refractivity contribution in [2.24, 2.45) is 10.7 Å². The Labute approximate surface area is 133 Å². The molecule has 0 unspecified atom stereocenters. The number of aliphatic imine (C=N–C) groups is 1. The summed E-state index contributed by atoms with van der Waals surface area (Å²) < 4.78 is 14.6. The van der Waals surface area contributed by atoms with Crippen LogP contribution in [0.25, 0.3) is 0 Å². The zero-order valence-corrected chi connectivity index (χ0v) is 14.0. The fraction of sp³-hybridized carbons (Fsp3) is 0.235. The zero-order valence-electron chi connectivity index (χ0n) is 12.4. The number of nitrogens with zero attached hydrogens (tertiary/aromatic N) is 1. The molecule has 0 aromatic heterocycles. The van der Waals surface area contributed by atoms with Crippen LogP contribution < -0.4 is 5.73 Å². The van der Waals surface area contributed by atoms with Gasteiger partial charge >= 0.3 is 0 Å². The van der Waals surface area contributed by atoms with Crippen molar-refractivity contribution < 1.29 is 4.39 Å². The van der Waals surface area contributed by atoms with Crippen LogP contribution in [0.3, 0.4) is 0 Å². The third-order valence-electron chi connectivity index (χ3n) is 3.61. The molecule has 0 radical (unpaired) electrons. The van der Waals surface area contributed by atoms with Gasteiger partial charge in [0.1, 0.15) is 11.7 Å². The molecule has 2 nitrogen and oxygen atoms in total. The van der Waals surface area contributed by atoms with Crippen molar-refractivity contribution in [3.8, 4) is 0 Å². The summed E-state index contributed by atoms with van der Waals surface area (Å²) >= 11 is 3.23. The Balaban J connectivity index is 2.42. The van der Waals surface area contributed by atoms with Crippen molar-refractivity contribution in [2.75, 3.05) is 7.05 Å². The topological polar surface area (TPSA) is 38.4 Å². The molecular weight excluding hydrogens is 331 g/mol.